The van der Waals surface area contributed by atoms with E-state index in [1.807, 2.05) is 17.9 Å². The summed E-state index contributed by atoms with van der Waals surface area (Å²) in [4.78, 5) is 2.51. The molecule has 2 aromatic rings. The predicted molar refractivity (Wildman–Crippen MR) is 98.0 cm³/mol. The first kappa shape index (κ1) is 18.0. The van der Waals surface area contributed by atoms with Crippen LogP contribution in [0.1, 0.15) is 24.0 Å². The summed E-state index contributed by atoms with van der Waals surface area (Å²) in [5.74, 6) is 0. The van der Waals surface area contributed by atoms with E-state index in [9.17, 15) is 0 Å². The van der Waals surface area contributed by atoms with Crippen LogP contribution >= 0.6 is 12.4 Å². The lowest BCUT2D eigenvalue weighted by Gasteiger charge is -2.32. The van der Waals surface area contributed by atoms with Crippen LogP contribution in [-0.4, -0.2) is 40.9 Å². The van der Waals surface area contributed by atoms with Crippen LogP contribution in [0.2, 0.25) is 0 Å². The standard InChI is InChI=1S/C18H26N4.ClH/c1-14-4-5-15(12-21(2)17-6-8-19-9-7-17)18(10-14)16-11-20-22(3)13-16;/h4-5,10-11,13,17,19H,6-9,12H2,1-3H3;1H. The Morgan fingerprint density at radius 3 is 2.70 bits per heavy atom. The number of aromatic nitrogens is 2. The maximum Gasteiger partial charge on any atom is 0.0568 e. The number of piperidine rings is 1. The lowest BCUT2D eigenvalue weighted by Crippen LogP contribution is -2.40. The van der Waals surface area contributed by atoms with Crippen molar-refractivity contribution < 1.29 is 0 Å². The van der Waals surface area contributed by atoms with Gasteiger partial charge in [0.25, 0.3) is 0 Å². The van der Waals surface area contributed by atoms with Gasteiger partial charge in [-0.15, -0.1) is 12.4 Å². The molecule has 0 aliphatic carbocycles. The van der Waals surface area contributed by atoms with E-state index in [0.717, 1.165) is 19.6 Å². The van der Waals surface area contributed by atoms with Gasteiger partial charge in [0.1, 0.15) is 0 Å². The Morgan fingerprint density at radius 2 is 2.04 bits per heavy atom. The van der Waals surface area contributed by atoms with Crippen LogP contribution in [-0.2, 0) is 13.6 Å². The second-order valence-electron chi connectivity index (χ2n) is 6.46. The number of benzene rings is 1. The summed E-state index contributed by atoms with van der Waals surface area (Å²) in [6.07, 6.45) is 6.54. The van der Waals surface area contributed by atoms with Gasteiger partial charge in [0.05, 0.1) is 6.20 Å². The minimum absolute atomic E-state index is 0. The molecule has 2 heterocycles. The molecule has 0 atom stereocenters. The minimum atomic E-state index is 0. The second kappa shape index (κ2) is 7.95. The summed E-state index contributed by atoms with van der Waals surface area (Å²) in [6.45, 7) is 5.42. The van der Waals surface area contributed by atoms with Gasteiger partial charge in [-0.1, -0.05) is 23.8 Å². The SMILES string of the molecule is Cc1ccc(CN(C)C2CCNCC2)c(-c2cnn(C)c2)c1.Cl. The normalized spacial score (nSPS) is 15.7. The Balaban J connectivity index is 0.00000192. The summed E-state index contributed by atoms with van der Waals surface area (Å²) < 4.78 is 1.87. The molecule has 0 saturated carbocycles. The van der Waals surface area contributed by atoms with E-state index < -0.39 is 0 Å². The lowest BCUT2D eigenvalue weighted by molar-refractivity contribution is 0.192. The number of hydrogen-bond donors (Lipinski definition) is 1. The van der Waals surface area contributed by atoms with E-state index in [1.165, 1.54) is 35.1 Å². The Bertz CT molecular complexity index is 632. The number of rotatable bonds is 4. The average Bonchev–Trinajstić information content (AvgIpc) is 2.96. The molecule has 1 fully saturated rings. The highest BCUT2D eigenvalue weighted by molar-refractivity contribution is 5.85. The van der Waals surface area contributed by atoms with Crippen molar-refractivity contribution in [2.24, 2.45) is 7.05 Å². The van der Waals surface area contributed by atoms with E-state index >= 15 is 0 Å². The molecule has 0 amide bonds. The largest absolute Gasteiger partial charge is 0.317 e. The molecule has 4 nitrogen and oxygen atoms in total. The third-order valence-corrected chi connectivity index (χ3v) is 4.63. The molecule has 1 aliphatic heterocycles. The fraction of sp³-hybridized carbons (Fsp3) is 0.500. The van der Waals surface area contributed by atoms with Gasteiger partial charge < -0.3 is 5.32 Å². The topological polar surface area (TPSA) is 33.1 Å². The monoisotopic (exact) mass is 334 g/mol. The van der Waals surface area contributed by atoms with Crippen molar-refractivity contribution in [3.8, 4) is 11.1 Å². The molecule has 1 aromatic carbocycles. The molecule has 3 rings (SSSR count). The van der Waals surface area contributed by atoms with Crippen LogP contribution in [0.4, 0.5) is 0 Å². The van der Waals surface area contributed by atoms with Crippen LogP contribution in [0.15, 0.2) is 30.6 Å². The summed E-state index contributed by atoms with van der Waals surface area (Å²) in [7, 11) is 4.23. The first-order valence-electron chi connectivity index (χ1n) is 8.13. The van der Waals surface area contributed by atoms with E-state index in [-0.39, 0.29) is 12.4 Å². The number of aryl methyl sites for hydroxylation is 2. The molecule has 1 N–H and O–H groups in total. The first-order chi connectivity index (χ1) is 10.6. The number of nitrogens with zero attached hydrogens (tertiary/aromatic N) is 3. The predicted octanol–water partition coefficient (Wildman–Crippen LogP) is 3.00. The minimum Gasteiger partial charge on any atom is -0.317 e. The van der Waals surface area contributed by atoms with Crippen LogP contribution in [0, 0.1) is 6.92 Å². The molecular weight excluding hydrogens is 308 g/mol. The fourth-order valence-electron chi connectivity index (χ4n) is 3.30. The second-order valence-corrected chi connectivity index (χ2v) is 6.46. The molecule has 5 heteroatoms. The molecule has 1 saturated heterocycles. The van der Waals surface area contributed by atoms with E-state index in [1.54, 1.807) is 0 Å². The summed E-state index contributed by atoms with van der Waals surface area (Å²) in [5, 5.41) is 7.77. The Labute approximate surface area is 145 Å². The van der Waals surface area contributed by atoms with Gasteiger partial charge in [0, 0.05) is 31.4 Å². The molecule has 0 radical (unpaired) electrons. The van der Waals surface area contributed by atoms with Crippen molar-refractivity contribution in [2.75, 3.05) is 20.1 Å². The molecule has 0 spiro atoms. The van der Waals surface area contributed by atoms with Crippen LogP contribution < -0.4 is 5.32 Å². The van der Waals surface area contributed by atoms with Crippen LogP contribution in [0.3, 0.4) is 0 Å². The molecule has 0 bridgehead atoms. The van der Waals surface area contributed by atoms with Crippen molar-refractivity contribution in [3.63, 3.8) is 0 Å². The highest BCUT2D eigenvalue weighted by Crippen LogP contribution is 2.26. The Hall–Kier alpha value is -1.36. The highest BCUT2D eigenvalue weighted by atomic mass is 35.5. The van der Waals surface area contributed by atoms with Crippen molar-refractivity contribution >= 4 is 12.4 Å². The summed E-state index contributed by atoms with van der Waals surface area (Å²) in [6, 6.07) is 7.45. The maximum absolute atomic E-state index is 4.33. The smallest absolute Gasteiger partial charge is 0.0568 e. The quantitative estimate of drug-likeness (QED) is 0.933. The zero-order valence-corrected chi connectivity index (χ0v) is 15.1. The molecule has 0 unspecified atom stereocenters. The third-order valence-electron chi connectivity index (χ3n) is 4.63. The molecular formula is C18H27ClN4. The zero-order valence-electron chi connectivity index (χ0n) is 14.2. The average molecular weight is 335 g/mol. The van der Waals surface area contributed by atoms with E-state index in [0.29, 0.717) is 6.04 Å². The molecule has 23 heavy (non-hydrogen) atoms. The van der Waals surface area contributed by atoms with Crippen LogP contribution in [0.25, 0.3) is 11.1 Å². The number of hydrogen-bond acceptors (Lipinski definition) is 3. The van der Waals surface area contributed by atoms with E-state index in [4.69, 9.17) is 0 Å². The van der Waals surface area contributed by atoms with E-state index in [2.05, 4.69) is 53.7 Å². The Kier molecular flexibility index (Phi) is 6.22. The van der Waals surface area contributed by atoms with Gasteiger partial charge in [-0.3, -0.25) is 9.58 Å². The molecule has 1 aromatic heterocycles. The number of halogens is 1. The van der Waals surface area contributed by atoms with Gasteiger partial charge in [-0.25, -0.2) is 0 Å². The summed E-state index contributed by atoms with van der Waals surface area (Å²) >= 11 is 0. The zero-order chi connectivity index (χ0) is 15.5. The molecule has 1 aliphatic rings. The Morgan fingerprint density at radius 1 is 1.30 bits per heavy atom. The van der Waals surface area contributed by atoms with Crippen molar-refractivity contribution in [3.05, 3.63) is 41.7 Å². The van der Waals surface area contributed by atoms with Crippen LogP contribution in [0.5, 0.6) is 0 Å². The van der Waals surface area contributed by atoms with Gasteiger partial charge in [-0.2, -0.15) is 5.10 Å². The van der Waals surface area contributed by atoms with Gasteiger partial charge in [-0.05, 0) is 51.0 Å². The van der Waals surface area contributed by atoms with Crippen molar-refractivity contribution in [1.82, 2.24) is 20.0 Å². The van der Waals surface area contributed by atoms with Gasteiger partial charge in [0.15, 0.2) is 0 Å². The maximum atomic E-state index is 4.33. The number of nitrogens with one attached hydrogen (secondary N) is 1. The van der Waals surface area contributed by atoms with Gasteiger partial charge >= 0.3 is 0 Å². The van der Waals surface area contributed by atoms with Crippen molar-refractivity contribution in [1.29, 1.82) is 0 Å². The lowest BCUT2D eigenvalue weighted by atomic mass is 9.98. The highest BCUT2D eigenvalue weighted by Gasteiger charge is 2.19. The third kappa shape index (κ3) is 4.34. The fourth-order valence-corrected chi connectivity index (χ4v) is 3.30. The summed E-state index contributed by atoms with van der Waals surface area (Å²) in [5.41, 5.74) is 5.21. The van der Waals surface area contributed by atoms with Gasteiger partial charge in [0.2, 0.25) is 0 Å². The van der Waals surface area contributed by atoms with Crippen molar-refractivity contribution in [2.45, 2.75) is 32.4 Å². The molecule has 126 valence electrons. The first-order valence-corrected chi connectivity index (χ1v) is 8.13.